The average molecular weight is 316 g/mol. The molecule has 1 aliphatic heterocycles. The SMILES string of the molecule is O=C1NC(C2CC2)(C2CC2)CN1C1C2CC3CC1CC(O)(C3)C2. The van der Waals surface area contributed by atoms with Gasteiger partial charge in [0.05, 0.1) is 11.1 Å². The summed E-state index contributed by atoms with van der Waals surface area (Å²) in [6, 6.07) is 0.625. The highest BCUT2D eigenvalue weighted by atomic mass is 16.3. The molecular formula is C19H28N2O2. The lowest BCUT2D eigenvalue weighted by atomic mass is 9.52. The molecule has 0 radical (unpaired) electrons. The van der Waals surface area contributed by atoms with E-state index < -0.39 is 5.60 Å². The molecule has 6 saturated carbocycles. The molecular weight excluding hydrogens is 288 g/mol. The molecule has 7 rings (SSSR count). The molecule has 0 aromatic heterocycles. The first-order valence-corrected chi connectivity index (χ1v) is 9.87. The van der Waals surface area contributed by atoms with Crippen LogP contribution in [0.3, 0.4) is 0 Å². The van der Waals surface area contributed by atoms with Gasteiger partial charge in [-0.2, -0.15) is 0 Å². The van der Waals surface area contributed by atoms with E-state index in [0.29, 0.717) is 17.9 Å². The Morgan fingerprint density at radius 1 is 1.00 bits per heavy atom. The maximum atomic E-state index is 12.9. The van der Waals surface area contributed by atoms with Crippen molar-refractivity contribution < 1.29 is 9.90 Å². The summed E-state index contributed by atoms with van der Waals surface area (Å²) in [4.78, 5) is 15.2. The Labute approximate surface area is 138 Å². The highest BCUT2D eigenvalue weighted by Crippen LogP contribution is 2.59. The normalized spacial score (nSPS) is 50.5. The molecule has 1 heterocycles. The summed E-state index contributed by atoms with van der Waals surface area (Å²) in [5.41, 5.74) is -0.282. The van der Waals surface area contributed by atoms with Crippen molar-refractivity contribution in [2.75, 3.05) is 6.54 Å². The smallest absolute Gasteiger partial charge is 0.318 e. The van der Waals surface area contributed by atoms with Crippen LogP contribution in [0.2, 0.25) is 0 Å². The summed E-state index contributed by atoms with van der Waals surface area (Å²) in [6.45, 7) is 0.960. The molecule has 126 valence electrons. The second-order valence-corrected chi connectivity index (χ2v) is 9.83. The maximum Gasteiger partial charge on any atom is 0.318 e. The fourth-order valence-electron chi connectivity index (χ4n) is 7.36. The van der Waals surface area contributed by atoms with Gasteiger partial charge >= 0.3 is 6.03 Å². The number of urea groups is 1. The molecule has 2 unspecified atom stereocenters. The van der Waals surface area contributed by atoms with E-state index in [-0.39, 0.29) is 11.6 Å². The third-order valence-electron chi connectivity index (χ3n) is 8.20. The zero-order valence-corrected chi connectivity index (χ0v) is 13.8. The first-order valence-electron chi connectivity index (χ1n) is 9.87. The van der Waals surface area contributed by atoms with Gasteiger partial charge in [0.15, 0.2) is 0 Å². The van der Waals surface area contributed by atoms with Crippen LogP contribution >= 0.6 is 0 Å². The number of nitrogens with zero attached hydrogens (tertiary/aromatic N) is 1. The maximum absolute atomic E-state index is 12.9. The molecule has 4 bridgehead atoms. The van der Waals surface area contributed by atoms with Crippen LogP contribution in [0.4, 0.5) is 4.79 Å². The molecule has 7 aliphatic rings. The summed E-state index contributed by atoms with van der Waals surface area (Å²) in [5.74, 6) is 3.29. The molecule has 4 heteroatoms. The van der Waals surface area contributed by atoms with Gasteiger partial charge in [-0.3, -0.25) is 0 Å². The van der Waals surface area contributed by atoms with Crippen LogP contribution in [-0.2, 0) is 0 Å². The summed E-state index contributed by atoms with van der Waals surface area (Å²) in [5, 5.41) is 14.3. The first kappa shape index (κ1) is 13.5. The number of carbonyl (C=O) groups excluding carboxylic acids is 1. The van der Waals surface area contributed by atoms with E-state index in [1.54, 1.807) is 0 Å². The minimum atomic E-state index is -0.396. The number of amides is 2. The van der Waals surface area contributed by atoms with Crippen molar-refractivity contribution in [2.24, 2.45) is 29.6 Å². The number of hydrogen-bond donors (Lipinski definition) is 2. The van der Waals surface area contributed by atoms with E-state index in [9.17, 15) is 9.90 Å². The van der Waals surface area contributed by atoms with E-state index in [0.717, 1.165) is 43.6 Å². The summed E-state index contributed by atoms with van der Waals surface area (Å²) in [6.07, 6.45) is 10.6. The van der Waals surface area contributed by atoms with Gasteiger partial charge in [-0.1, -0.05) is 0 Å². The van der Waals surface area contributed by atoms with Gasteiger partial charge in [-0.15, -0.1) is 0 Å². The van der Waals surface area contributed by atoms with Gasteiger partial charge < -0.3 is 15.3 Å². The number of nitrogens with one attached hydrogen (secondary N) is 1. The summed E-state index contributed by atoms with van der Waals surface area (Å²) in [7, 11) is 0. The molecule has 23 heavy (non-hydrogen) atoms. The quantitative estimate of drug-likeness (QED) is 0.840. The Morgan fingerprint density at radius 3 is 2.13 bits per heavy atom. The van der Waals surface area contributed by atoms with Crippen molar-refractivity contribution in [1.29, 1.82) is 0 Å². The van der Waals surface area contributed by atoms with Crippen molar-refractivity contribution in [3.05, 3.63) is 0 Å². The molecule has 2 atom stereocenters. The number of aliphatic hydroxyl groups is 1. The fraction of sp³-hybridized carbons (Fsp3) is 0.947. The van der Waals surface area contributed by atoms with Crippen LogP contribution in [0, 0.1) is 29.6 Å². The summed E-state index contributed by atoms with van der Waals surface area (Å²) >= 11 is 0. The average Bonchev–Trinajstić information content (AvgIpc) is 3.35. The van der Waals surface area contributed by atoms with Gasteiger partial charge in [0.25, 0.3) is 0 Å². The van der Waals surface area contributed by atoms with Crippen molar-refractivity contribution in [3.63, 3.8) is 0 Å². The van der Waals surface area contributed by atoms with E-state index >= 15 is 0 Å². The molecule has 1 saturated heterocycles. The van der Waals surface area contributed by atoms with Crippen LogP contribution in [0.1, 0.15) is 57.8 Å². The van der Waals surface area contributed by atoms with Gasteiger partial charge in [0, 0.05) is 12.6 Å². The molecule has 0 aromatic carbocycles. The molecule has 0 aromatic rings. The highest BCUT2D eigenvalue weighted by molar-refractivity contribution is 5.79. The van der Waals surface area contributed by atoms with Gasteiger partial charge in [-0.05, 0) is 87.4 Å². The molecule has 0 spiro atoms. The third-order valence-corrected chi connectivity index (χ3v) is 8.20. The zero-order valence-electron chi connectivity index (χ0n) is 13.8. The fourth-order valence-corrected chi connectivity index (χ4v) is 7.36. The Hall–Kier alpha value is -0.770. The number of carbonyl (C=O) groups is 1. The van der Waals surface area contributed by atoms with Crippen molar-refractivity contribution in [1.82, 2.24) is 10.2 Å². The monoisotopic (exact) mass is 316 g/mol. The van der Waals surface area contributed by atoms with Crippen molar-refractivity contribution >= 4 is 6.03 Å². The van der Waals surface area contributed by atoms with Gasteiger partial charge in [-0.25, -0.2) is 4.79 Å². The highest BCUT2D eigenvalue weighted by Gasteiger charge is 2.63. The van der Waals surface area contributed by atoms with E-state index in [1.807, 2.05) is 0 Å². The predicted octanol–water partition coefficient (Wildman–Crippen LogP) is 2.51. The third kappa shape index (κ3) is 1.79. The lowest BCUT2D eigenvalue weighted by Gasteiger charge is -2.59. The standard InChI is InChI=1S/C19H28N2O2/c22-17-20-19(14-1-2-14,15-3-4-15)10-21(17)16-12-5-11-6-13(16)9-18(23,7-11)8-12/h11-16,23H,1-10H2,(H,20,22). The Balaban J connectivity index is 1.31. The van der Waals surface area contributed by atoms with E-state index in [2.05, 4.69) is 10.2 Å². The Morgan fingerprint density at radius 2 is 1.61 bits per heavy atom. The van der Waals surface area contributed by atoms with Crippen LogP contribution < -0.4 is 5.32 Å². The van der Waals surface area contributed by atoms with E-state index in [1.165, 1.54) is 38.5 Å². The topological polar surface area (TPSA) is 52.6 Å². The van der Waals surface area contributed by atoms with Crippen molar-refractivity contribution in [3.8, 4) is 0 Å². The number of rotatable bonds is 3. The van der Waals surface area contributed by atoms with Crippen molar-refractivity contribution in [2.45, 2.75) is 75.0 Å². The molecule has 2 N–H and O–H groups in total. The molecule has 7 fully saturated rings. The lowest BCUT2D eigenvalue weighted by Crippen LogP contribution is -2.62. The minimum absolute atomic E-state index is 0.114. The second-order valence-electron chi connectivity index (χ2n) is 9.83. The first-order chi connectivity index (χ1) is 11.1. The van der Waals surface area contributed by atoms with Crippen LogP contribution in [0.5, 0.6) is 0 Å². The lowest BCUT2D eigenvalue weighted by molar-refractivity contribution is -0.153. The summed E-state index contributed by atoms with van der Waals surface area (Å²) < 4.78 is 0. The molecule has 6 aliphatic carbocycles. The van der Waals surface area contributed by atoms with Crippen LogP contribution in [0.25, 0.3) is 0 Å². The largest absolute Gasteiger partial charge is 0.390 e. The Bertz CT molecular complexity index is 540. The Kier molecular flexibility index (Phi) is 2.39. The zero-order chi connectivity index (χ0) is 15.4. The minimum Gasteiger partial charge on any atom is -0.390 e. The van der Waals surface area contributed by atoms with Gasteiger partial charge in [0.2, 0.25) is 0 Å². The second kappa shape index (κ2) is 4.07. The van der Waals surface area contributed by atoms with Gasteiger partial charge in [0.1, 0.15) is 0 Å². The number of hydrogen-bond acceptors (Lipinski definition) is 2. The van der Waals surface area contributed by atoms with Crippen LogP contribution in [0.15, 0.2) is 0 Å². The predicted molar refractivity (Wildman–Crippen MR) is 85.7 cm³/mol. The molecule has 2 amide bonds. The molecule has 4 nitrogen and oxygen atoms in total. The van der Waals surface area contributed by atoms with Crippen LogP contribution in [-0.4, -0.2) is 39.8 Å². The van der Waals surface area contributed by atoms with E-state index in [4.69, 9.17) is 0 Å².